The molecule has 2 aliphatic carbocycles. The van der Waals surface area contributed by atoms with E-state index in [-0.39, 0.29) is 29.6 Å². The Morgan fingerprint density at radius 2 is 1.32 bits per heavy atom. The van der Waals surface area contributed by atoms with E-state index in [1.165, 1.54) is 19.8 Å². The van der Waals surface area contributed by atoms with Crippen LogP contribution >= 0.6 is 0 Å². The molecule has 0 spiro atoms. The van der Waals surface area contributed by atoms with E-state index in [4.69, 9.17) is 4.74 Å². The molecule has 3 radical (unpaired) electrons. The summed E-state index contributed by atoms with van der Waals surface area (Å²) in [5, 5.41) is 0. The van der Waals surface area contributed by atoms with Crippen LogP contribution in [0.1, 0.15) is 60.3 Å². The smallest absolute Gasteiger partial charge is 0.793 e. The maximum Gasteiger partial charge on any atom is 1.00 e. The van der Waals surface area contributed by atoms with E-state index in [2.05, 4.69) is 41.2 Å². The van der Waals surface area contributed by atoms with Gasteiger partial charge in [0.25, 0.3) is 0 Å². The quantitative estimate of drug-likeness (QED) is 0.276. The molecule has 0 amide bonds. The number of nitrogens with zero attached hydrogens (tertiary/aromatic N) is 1. The van der Waals surface area contributed by atoms with Crippen molar-refractivity contribution < 1.29 is 67.9 Å². The zero-order valence-corrected chi connectivity index (χ0v) is 21.7. The maximum absolute atomic E-state index is 10.1. The number of carbonyl (C=O) groups is 4. The van der Waals surface area contributed by atoms with E-state index in [0.717, 1.165) is 65.0 Å². The number of hydrogen-bond donors (Lipinski definition) is 0. The number of hydrogen-bond acceptors (Lipinski definition) is 9. The van der Waals surface area contributed by atoms with Gasteiger partial charge in [-0.1, -0.05) is 13.8 Å². The Kier molecular flexibility index (Phi) is 19.4. The molecule has 2 saturated carbocycles. The van der Waals surface area contributed by atoms with Crippen molar-refractivity contribution in [3.05, 3.63) is 0 Å². The number of Topliss-reactive ketones (excluding diaryl/α,β-unsaturated/α-hetero) is 1. The normalized spacial score (nSPS) is 21.9. The van der Waals surface area contributed by atoms with E-state index in [9.17, 15) is 19.2 Å². The summed E-state index contributed by atoms with van der Waals surface area (Å²) in [6, 6.07) is 0.897. The molecule has 0 atom stereocenters. The van der Waals surface area contributed by atoms with Crippen molar-refractivity contribution in [3.8, 4) is 0 Å². The van der Waals surface area contributed by atoms with Gasteiger partial charge in [0.05, 0.1) is 13.2 Å². The summed E-state index contributed by atoms with van der Waals surface area (Å²) in [4.78, 5) is 49.5. The molecule has 1 heterocycles. The molecule has 3 rings (SSSR count). The second kappa shape index (κ2) is 18.6. The number of carbonyl (C=O) groups excluding carboxylic acids is 4. The number of ketones is 1. The standard InChI is InChI=1S/C9H17NO.C5H8O.C4H6O4.C2H3BO2.Na/c1-8-6-9(7-8)10-2-4-11-5-3-10;1-4-2-5(6)3-4;1-3(5)7-8-4(2)6;1-2(4)5-3;/h8-9H,2-7H2,1H3;4H,2-3H2,1H3;1-2H3;1H3;/q;;;-1;+1. The van der Waals surface area contributed by atoms with Crippen LogP contribution in [0.15, 0.2) is 0 Å². The first-order valence-corrected chi connectivity index (χ1v) is 10.1. The fourth-order valence-corrected chi connectivity index (χ4v) is 2.94. The Labute approximate surface area is 208 Å². The van der Waals surface area contributed by atoms with Gasteiger partial charge in [0.2, 0.25) is 5.97 Å². The molecule has 0 aromatic heterocycles. The van der Waals surface area contributed by atoms with Gasteiger partial charge in [-0.15, -0.1) is 0 Å². The van der Waals surface area contributed by atoms with Gasteiger partial charge in [-0.25, -0.2) is 19.4 Å². The summed E-state index contributed by atoms with van der Waals surface area (Å²) in [6.07, 6.45) is 4.50. The number of rotatable bonds is 1. The Morgan fingerprint density at radius 1 is 0.903 bits per heavy atom. The van der Waals surface area contributed by atoms with Crippen LogP contribution in [0.5, 0.6) is 0 Å². The summed E-state index contributed by atoms with van der Waals surface area (Å²) in [5.74, 6) is 0.355. The fraction of sp³-hybridized carbons (Fsp3) is 0.800. The van der Waals surface area contributed by atoms with Crippen LogP contribution in [0.25, 0.3) is 0 Å². The van der Waals surface area contributed by atoms with Crippen LogP contribution in [0.2, 0.25) is 0 Å². The summed E-state index contributed by atoms with van der Waals surface area (Å²) >= 11 is 0. The van der Waals surface area contributed by atoms with E-state index >= 15 is 0 Å². The topological polar surface area (TPSA) is 108 Å². The molecular weight excluding hydrogens is 416 g/mol. The average molecular weight is 450 g/mol. The molecule has 0 bridgehead atoms. The van der Waals surface area contributed by atoms with E-state index in [1.807, 2.05) is 0 Å². The molecule has 9 nitrogen and oxygen atoms in total. The molecule has 0 N–H and O–H groups in total. The van der Waals surface area contributed by atoms with Gasteiger partial charge in [0.1, 0.15) is 5.78 Å². The predicted octanol–water partition coefficient (Wildman–Crippen LogP) is -1.23. The maximum atomic E-state index is 10.1. The average Bonchev–Trinajstić information content (AvgIpc) is 2.65. The minimum atomic E-state index is -0.639. The Bertz CT molecular complexity index is 529. The van der Waals surface area contributed by atoms with E-state index < -0.39 is 17.9 Å². The summed E-state index contributed by atoms with van der Waals surface area (Å²) in [5.41, 5.74) is 0. The molecule has 11 heteroatoms. The minimum absolute atomic E-state index is 0. The summed E-state index contributed by atoms with van der Waals surface area (Å²) in [7, 11) is 4.32. The molecule has 1 saturated heterocycles. The van der Waals surface area contributed by atoms with Gasteiger partial charge >= 0.3 is 41.5 Å². The Hall–Kier alpha value is -0.935. The number of morpholine rings is 1. The first-order valence-electron chi connectivity index (χ1n) is 10.1. The predicted molar refractivity (Wildman–Crippen MR) is 109 cm³/mol. The third kappa shape index (κ3) is 18.3. The van der Waals surface area contributed by atoms with E-state index in [1.54, 1.807) is 0 Å². The molecule has 0 aromatic rings. The van der Waals surface area contributed by atoms with Gasteiger partial charge in [-0.2, -0.15) is 0 Å². The van der Waals surface area contributed by atoms with Crippen LogP contribution in [0, 0.1) is 11.8 Å². The Balaban J connectivity index is 0. The largest absolute Gasteiger partial charge is 1.00 e. The van der Waals surface area contributed by atoms with Crippen molar-refractivity contribution in [1.29, 1.82) is 0 Å². The van der Waals surface area contributed by atoms with Crippen LogP contribution in [0.4, 0.5) is 0 Å². The molecule has 0 unspecified atom stereocenters. The van der Waals surface area contributed by atoms with Crippen LogP contribution in [0.3, 0.4) is 0 Å². The van der Waals surface area contributed by atoms with Crippen LogP contribution < -0.4 is 29.6 Å². The van der Waals surface area contributed by atoms with Crippen molar-refractivity contribution in [2.75, 3.05) is 26.3 Å². The summed E-state index contributed by atoms with van der Waals surface area (Å²) < 4.78 is 8.91. The van der Waals surface area contributed by atoms with Crippen LogP contribution in [-0.4, -0.2) is 69.0 Å². The van der Waals surface area contributed by atoms with E-state index in [0.29, 0.717) is 11.7 Å². The molecule has 3 fully saturated rings. The molecule has 1 aliphatic heterocycles. The fourth-order valence-electron chi connectivity index (χ4n) is 2.94. The first kappa shape index (κ1) is 32.2. The molecule has 171 valence electrons. The molecule has 0 aromatic carbocycles. The molecular formula is C20H34BNNaO8. The van der Waals surface area contributed by atoms with Crippen molar-refractivity contribution >= 4 is 31.7 Å². The second-order valence-electron chi connectivity index (χ2n) is 7.69. The van der Waals surface area contributed by atoms with Gasteiger partial charge < -0.3 is 17.4 Å². The molecule has 31 heavy (non-hydrogen) atoms. The molecule has 3 aliphatic rings. The van der Waals surface area contributed by atoms with Gasteiger partial charge in [-0.3, -0.25) is 14.5 Å². The SMILES string of the molecule is CC(=O)OOC(C)=O.CC1CC(=O)C1.CC1CC(N2CCOCC2)C1.[B-]OC(C)=O.[Na+]. The third-order valence-electron chi connectivity index (χ3n) is 4.51. The zero-order valence-electron chi connectivity index (χ0n) is 19.7. The monoisotopic (exact) mass is 450 g/mol. The van der Waals surface area contributed by atoms with Crippen LogP contribution in [-0.2, 0) is 38.3 Å². The van der Waals surface area contributed by atoms with Gasteiger partial charge in [0.15, 0.2) is 0 Å². The van der Waals surface area contributed by atoms with Gasteiger partial charge in [0, 0.05) is 52.7 Å². The zero-order chi connectivity index (χ0) is 23.1. The van der Waals surface area contributed by atoms with Crippen molar-refractivity contribution in [3.63, 3.8) is 0 Å². The van der Waals surface area contributed by atoms with Crippen molar-refractivity contribution in [2.45, 2.75) is 66.3 Å². The van der Waals surface area contributed by atoms with Crippen molar-refractivity contribution in [2.24, 2.45) is 11.8 Å². The third-order valence-corrected chi connectivity index (χ3v) is 4.51. The Morgan fingerprint density at radius 3 is 1.55 bits per heavy atom. The number of ether oxygens (including phenoxy) is 1. The van der Waals surface area contributed by atoms with Crippen molar-refractivity contribution in [1.82, 2.24) is 4.90 Å². The van der Waals surface area contributed by atoms with Gasteiger partial charge in [-0.05, 0) is 24.7 Å². The first-order chi connectivity index (χ1) is 14.0. The minimum Gasteiger partial charge on any atom is -0.793 e. The second-order valence-corrected chi connectivity index (χ2v) is 7.69. The summed E-state index contributed by atoms with van der Waals surface area (Å²) in [6.45, 7) is 12.2.